The van der Waals surface area contributed by atoms with Gasteiger partial charge in [0.15, 0.2) is 5.58 Å². The van der Waals surface area contributed by atoms with Gasteiger partial charge in [-0.2, -0.15) is 10.2 Å². The molecule has 10 nitrogen and oxygen atoms in total. The van der Waals surface area contributed by atoms with Gasteiger partial charge in [-0.25, -0.2) is 9.97 Å². The van der Waals surface area contributed by atoms with E-state index in [1.54, 1.807) is 12.4 Å². The van der Waals surface area contributed by atoms with Crippen LogP contribution in [0, 0.1) is 0 Å². The van der Waals surface area contributed by atoms with Crippen LogP contribution in [0.3, 0.4) is 0 Å². The number of aromatic amines is 1. The van der Waals surface area contributed by atoms with Crippen LogP contribution in [-0.2, 0) is 0 Å². The number of pyridine rings is 1. The molecule has 1 aliphatic heterocycles. The molecule has 37 heavy (non-hydrogen) atoms. The zero-order chi connectivity index (χ0) is 24.8. The molecule has 1 aliphatic rings. The predicted molar refractivity (Wildman–Crippen MR) is 140 cm³/mol. The zero-order valence-corrected chi connectivity index (χ0v) is 19.9. The van der Waals surface area contributed by atoms with Crippen molar-refractivity contribution in [3.8, 4) is 34.1 Å². The third-order valence-corrected chi connectivity index (χ3v) is 6.78. The molecule has 1 fully saturated rings. The number of H-pyrrole nitrogens is 1. The quantitative estimate of drug-likeness (QED) is 0.309. The number of rotatable bonds is 5. The van der Waals surface area contributed by atoms with Crippen molar-refractivity contribution in [3.63, 3.8) is 0 Å². The second-order valence-corrected chi connectivity index (χ2v) is 9.22. The van der Waals surface area contributed by atoms with Gasteiger partial charge in [-0.15, -0.1) is 0 Å². The van der Waals surface area contributed by atoms with Gasteiger partial charge in [-0.05, 0) is 56.3 Å². The average molecular weight is 493 g/mol. The molecule has 184 valence electrons. The molecule has 0 amide bonds. The third kappa shape index (κ3) is 4.07. The van der Waals surface area contributed by atoms with Crippen molar-refractivity contribution >= 4 is 27.8 Å². The highest BCUT2D eigenvalue weighted by Gasteiger charge is 2.18. The largest absolute Gasteiger partial charge is 0.457 e. The maximum Gasteiger partial charge on any atom is 0.231 e. The van der Waals surface area contributed by atoms with Gasteiger partial charge in [0.25, 0.3) is 0 Å². The molecule has 2 aromatic carbocycles. The summed E-state index contributed by atoms with van der Waals surface area (Å²) in [5.41, 5.74) is 11.0. The van der Waals surface area contributed by atoms with Crippen LogP contribution in [0.4, 0.5) is 5.82 Å². The number of nitrogens with zero attached hydrogens (tertiary/aromatic N) is 5. The van der Waals surface area contributed by atoms with Crippen molar-refractivity contribution < 1.29 is 9.15 Å². The summed E-state index contributed by atoms with van der Waals surface area (Å²) in [4.78, 5) is 9.07. The van der Waals surface area contributed by atoms with Gasteiger partial charge in [0, 0.05) is 41.0 Å². The standard InChI is InChI=1S/C27H24N8O2/c28-26-22(9-17(12-30-26)18-14-32-35(15-18)19-5-7-29-8-6-19)27-33-23-4-3-21(11-25(23)37-27)36-20-2-1-16-13-31-34-24(16)10-20/h1-4,9-15,19,29H,5-8H2,(H2,28,30)(H,31,34). The Bertz CT molecular complexity index is 1730. The molecule has 4 aromatic heterocycles. The minimum Gasteiger partial charge on any atom is -0.457 e. The normalized spacial score (nSPS) is 14.5. The molecule has 6 aromatic rings. The lowest BCUT2D eigenvalue weighted by Crippen LogP contribution is -2.29. The Balaban J connectivity index is 1.17. The van der Waals surface area contributed by atoms with E-state index in [0.29, 0.717) is 45.9 Å². The van der Waals surface area contributed by atoms with Crippen LogP contribution in [-0.4, -0.2) is 43.0 Å². The molecule has 0 unspecified atom stereocenters. The molecular formula is C27H24N8O2. The van der Waals surface area contributed by atoms with Gasteiger partial charge in [0.1, 0.15) is 22.8 Å². The van der Waals surface area contributed by atoms with Crippen molar-refractivity contribution in [3.05, 3.63) is 67.3 Å². The number of fused-ring (bicyclic) bond motifs is 2. The van der Waals surface area contributed by atoms with Crippen LogP contribution in [0.25, 0.3) is 44.6 Å². The number of nitrogens with two attached hydrogens (primary N) is 1. The van der Waals surface area contributed by atoms with E-state index >= 15 is 0 Å². The summed E-state index contributed by atoms with van der Waals surface area (Å²) in [6, 6.07) is 13.7. The highest BCUT2D eigenvalue weighted by atomic mass is 16.5. The summed E-state index contributed by atoms with van der Waals surface area (Å²) in [6.07, 6.45) is 9.61. The first kappa shape index (κ1) is 21.6. The van der Waals surface area contributed by atoms with E-state index in [1.807, 2.05) is 48.7 Å². The minimum atomic E-state index is 0.352. The number of oxazole rings is 1. The monoisotopic (exact) mass is 492 g/mol. The number of benzene rings is 2. The lowest BCUT2D eigenvalue weighted by atomic mass is 10.1. The fourth-order valence-electron chi connectivity index (χ4n) is 4.76. The van der Waals surface area contributed by atoms with Crippen molar-refractivity contribution in [2.75, 3.05) is 18.8 Å². The molecule has 4 N–H and O–H groups in total. The Hall–Kier alpha value is -4.70. The van der Waals surface area contributed by atoms with Crippen LogP contribution in [0.15, 0.2) is 71.7 Å². The van der Waals surface area contributed by atoms with Gasteiger partial charge in [-0.1, -0.05) is 0 Å². The third-order valence-electron chi connectivity index (χ3n) is 6.78. The van der Waals surface area contributed by atoms with E-state index in [4.69, 9.17) is 14.9 Å². The van der Waals surface area contributed by atoms with Crippen LogP contribution < -0.4 is 15.8 Å². The lowest BCUT2D eigenvalue weighted by molar-refractivity contribution is 0.343. The molecule has 7 rings (SSSR count). The van der Waals surface area contributed by atoms with Crippen LogP contribution in [0.1, 0.15) is 18.9 Å². The summed E-state index contributed by atoms with van der Waals surface area (Å²) < 4.78 is 14.2. The second-order valence-electron chi connectivity index (χ2n) is 9.22. The molecule has 1 saturated heterocycles. The van der Waals surface area contributed by atoms with Crippen molar-refractivity contribution in [2.24, 2.45) is 0 Å². The number of aromatic nitrogens is 6. The molecule has 0 spiro atoms. The Morgan fingerprint density at radius 1 is 0.973 bits per heavy atom. The molecule has 0 saturated carbocycles. The smallest absolute Gasteiger partial charge is 0.231 e. The number of ether oxygens (including phenoxy) is 1. The van der Waals surface area contributed by atoms with E-state index in [9.17, 15) is 0 Å². The van der Waals surface area contributed by atoms with E-state index in [-0.39, 0.29) is 0 Å². The molecule has 0 aliphatic carbocycles. The number of anilines is 1. The number of piperidine rings is 1. The summed E-state index contributed by atoms with van der Waals surface area (Å²) in [5.74, 6) is 2.09. The fraction of sp³-hybridized carbons (Fsp3) is 0.185. The number of hydrogen-bond acceptors (Lipinski definition) is 8. The van der Waals surface area contributed by atoms with Crippen molar-refractivity contribution in [2.45, 2.75) is 18.9 Å². The maximum absolute atomic E-state index is 6.24. The summed E-state index contributed by atoms with van der Waals surface area (Å²) in [5, 5.41) is 16.0. The molecule has 0 radical (unpaired) electrons. The number of hydrogen-bond donors (Lipinski definition) is 3. The van der Waals surface area contributed by atoms with E-state index < -0.39 is 0 Å². The summed E-state index contributed by atoms with van der Waals surface area (Å²) in [7, 11) is 0. The maximum atomic E-state index is 6.24. The van der Waals surface area contributed by atoms with Crippen LogP contribution in [0.5, 0.6) is 11.5 Å². The van der Waals surface area contributed by atoms with E-state index in [0.717, 1.165) is 48.0 Å². The topological polar surface area (TPSA) is 133 Å². The summed E-state index contributed by atoms with van der Waals surface area (Å²) in [6.45, 7) is 2.02. The first-order valence-corrected chi connectivity index (χ1v) is 12.2. The second kappa shape index (κ2) is 8.75. The van der Waals surface area contributed by atoms with Crippen molar-refractivity contribution in [1.29, 1.82) is 0 Å². The van der Waals surface area contributed by atoms with Gasteiger partial charge in [0.2, 0.25) is 5.89 Å². The Morgan fingerprint density at radius 2 is 1.84 bits per heavy atom. The van der Waals surface area contributed by atoms with Crippen LogP contribution >= 0.6 is 0 Å². The van der Waals surface area contributed by atoms with Gasteiger partial charge in [0.05, 0.1) is 29.5 Å². The fourth-order valence-corrected chi connectivity index (χ4v) is 4.76. The first-order valence-electron chi connectivity index (χ1n) is 12.2. The Morgan fingerprint density at radius 3 is 2.76 bits per heavy atom. The van der Waals surface area contributed by atoms with Gasteiger partial charge < -0.3 is 20.2 Å². The molecule has 10 heteroatoms. The lowest BCUT2D eigenvalue weighted by Gasteiger charge is -2.22. The predicted octanol–water partition coefficient (Wildman–Crippen LogP) is 4.93. The zero-order valence-electron chi connectivity index (χ0n) is 19.9. The number of nitrogen functional groups attached to an aromatic ring is 1. The SMILES string of the molecule is Nc1ncc(-c2cnn(C3CCNCC3)c2)cc1-c1nc2ccc(Oc3ccc4cn[nH]c4c3)cc2o1. The molecule has 0 atom stereocenters. The van der Waals surface area contributed by atoms with E-state index in [1.165, 1.54) is 0 Å². The Kier molecular flexibility index (Phi) is 5.10. The highest BCUT2D eigenvalue weighted by Crippen LogP contribution is 2.34. The Labute approximate surface area is 211 Å². The first-order chi connectivity index (χ1) is 18.2. The summed E-state index contributed by atoms with van der Waals surface area (Å²) >= 11 is 0. The van der Waals surface area contributed by atoms with Crippen molar-refractivity contribution in [1.82, 2.24) is 35.3 Å². The number of nitrogens with one attached hydrogen (secondary N) is 2. The molecule has 0 bridgehead atoms. The molecule has 5 heterocycles. The molecular weight excluding hydrogens is 468 g/mol. The van der Waals surface area contributed by atoms with Crippen LogP contribution in [0.2, 0.25) is 0 Å². The van der Waals surface area contributed by atoms with Gasteiger partial charge in [-0.3, -0.25) is 9.78 Å². The minimum absolute atomic E-state index is 0.352. The average Bonchev–Trinajstić information content (AvgIpc) is 3.68. The highest BCUT2D eigenvalue weighted by molar-refractivity contribution is 5.82. The van der Waals surface area contributed by atoms with Gasteiger partial charge >= 0.3 is 0 Å². The van der Waals surface area contributed by atoms with E-state index in [2.05, 4.69) is 41.5 Å².